The Bertz CT molecular complexity index is 407. The summed E-state index contributed by atoms with van der Waals surface area (Å²) >= 11 is 0. The molecule has 9 nitrogen and oxygen atoms in total. The lowest BCUT2D eigenvalue weighted by molar-refractivity contribution is -0.529. The van der Waals surface area contributed by atoms with Crippen LogP contribution in [0.3, 0.4) is 0 Å². The molecule has 0 saturated carbocycles. The molecule has 0 bridgehead atoms. The molecule has 2 N–H and O–H groups in total. The maximum Gasteiger partial charge on any atom is 0.224 e. The Morgan fingerprint density at radius 3 is 2.50 bits per heavy atom. The fourth-order valence-electron chi connectivity index (χ4n) is 1.49. The Labute approximate surface area is 127 Å². The van der Waals surface area contributed by atoms with Crippen molar-refractivity contribution in [1.29, 1.82) is 0 Å². The van der Waals surface area contributed by atoms with Crippen LogP contribution < -0.4 is 5.73 Å². The Balaban J connectivity index is 2.11. The van der Waals surface area contributed by atoms with Gasteiger partial charge in [-0.05, 0) is 24.5 Å². The molecule has 1 rings (SSSR count). The smallest absolute Gasteiger partial charge is 0.224 e. The molecule has 0 aliphatic heterocycles. The van der Waals surface area contributed by atoms with E-state index < -0.39 is 0 Å². The summed E-state index contributed by atoms with van der Waals surface area (Å²) in [7, 11) is 0. The van der Waals surface area contributed by atoms with E-state index in [1.807, 2.05) is 0 Å². The van der Waals surface area contributed by atoms with E-state index in [2.05, 4.69) is 24.6 Å². The standard InChI is InChI=1S/C13H19NO8/c14-3-4-18-19-5-6-20-22-21-10-17-13-7-11(8-15)1-2-12(13)9-16/h7-9H,1-6,10,14H2. The van der Waals surface area contributed by atoms with Gasteiger partial charge in [0.2, 0.25) is 6.79 Å². The summed E-state index contributed by atoms with van der Waals surface area (Å²) in [5.41, 5.74) is 6.19. The average molecular weight is 317 g/mol. The van der Waals surface area contributed by atoms with Crippen LogP contribution in [0.1, 0.15) is 12.8 Å². The van der Waals surface area contributed by atoms with Gasteiger partial charge < -0.3 is 10.5 Å². The number of ether oxygens (including phenoxy) is 1. The van der Waals surface area contributed by atoms with Gasteiger partial charge in [-0.15, -0.1) is 0 Å². The first-order valence-corrected chi connectivity index (χ1v) is 6.64. The minimum Gasteiger partial charge on any atom is -0.464 e. The summed E-state index contributed by atoms with van der Waals surface area (Å²) in [6.45, 7) is 0.546. The van der Waals surface area contributed by atoms with Gasteiger partial charge in [-0.1, -0.05) is 5.04 Å². The molecule has 0 spiro atoms. The van der Waals surface area contributed by atoms with Crippen molar-refractivity contribution in [2.75, 3.05) is 33.2 Å². The van der Waals surface area contributed by atoms with E-state index in [0.29, 0.717) is 36.8 Å². The second-order valence-corrected chi connectivity index (χ2v) is 4.05. The van der Waals surface area contributed by atoms with E-state index >= 15 is 0 Å². The van der Waals surface area contributed by atoms with E-state index in [1.54, 1.807) is 0 Å². The normalized spacial score (nSPS) is 14.7. The summed E-state index contributed by atoms with van der Waals surface area (Å²) in [5.74, 6) is 0.283. The number of carbonyl (C=O) groups is 2. The Kier molecular flexibility index (Phi) is 10.0. The second-order valence-electron chi connectivity index (χ2n) is 4.05. The maximum atomic E-state index is 10.9. The highest BCUT2D eigenvalue weighted by atomic mass is 17.5. The quantitative estimate of drug-likeness (QED) is 0.166. The molecule has 0 amide bonds. The van der Waals surface area contributed by atoms with Gasteiger partial charge >= 0.3 is 0 Å². The third-order valence-corrected chi connectivity index (χ3v) is 2.50. The van der Waals surface area contributed by atoms with E-state index in [1.165, 1.54) is 6.08 Å². The van der Waals surface area contributed by atoms with Crippen LogP contribution in [0, 0.1) is 0 Å². The zero-order chi connectivity index (χ0) is 16.0. The van der Waals surface area contributed by atoms with Crippen LogP contribution in [0.4, 0.5) is 0 Å². The van der Waals surface area contributed by atoms with E-state index in [9.17, 15) is 9.59 Å². The monoisotopic (exact) mass is 317 g/mol. The van der Waals surface area contributed by atoms with Crippen molar-refractivity contribution < 1.29 is 38.9 Å². The van der Waals surface area contributed by atoms with Gasteiger partial charge in [-0.25, -0.2) is 14.7 Å². The molecule has 0 aromatic carbocycles. The highest BCUT2D eigenvalue weighted by molar-refractivity contribution is 5.80. The molecule has 0 atom stereocenters. The molecule has 0 aromatic rings. The molecular weight excluding hydrogens is 298 g/mol. The molecule has 22 heavy (non-hydrogen) atoms. The van der Waals surface area contributed by atoms with Gasteiger partial charge in [-0.2, -0.15) is 4.89 Å². The topological polar surface area (TPSA) is 116 Å². The molecule has 0 unspecified atom stereocenters. The number of carbonyl (C=O) groups excluding carboxylic acids is 2. The number of hydrogen-bond acceptors (Lipinski definition) is 9. The highest BCUT2D eigenvalue weighted by Crippen LogP contribution is 2.22. The molecule has 0 heterocycles. The SMILES string of the molecule is NCCOOCCOOOCOC1=C(C=O)CCC(C=O)=C1. The average Bonchev–Trinajstić information content (AvgIpc) is 2.56. The van der Waals surface area contributed by atoms with Crippen LogP contribution >= 0.6 is 0 Å². The Hall–Kier alpha value is -1.62. The molecule has 0 fully saturated rings. The van der Waals surface area contributed by atoms with Crippen molar-refractivity contribution in [3.8, 4) is 0 Å². The van der Waals surface area contributed by atoms with Gasteiger partial charge in [0.05, 0.1) is 6.61 Å². The van der Waals surface area contributed by atoms with Gasteiger partial charge in [0.25, 0.3) is 0 Å². The first-order valence-electron chi connectivity index (χ1n) is 6.64. The molecule has 0 saturated heterocycles. The lowest BCUT2D eigenvalue weighted by Crippen LogP contribution is -2.12. The van der Waals surface area contributed by atoms with Crippen LogP contribution in [-0.4, -0.2) is 45.7 Å². The molecule has 9 heteroatoms. The third kappa shape index (κ3) is 7.41. The van der Waals surface area contributed by atoms with Crippen LogP contribution in [0.2, 0.25) is 0 Å². The van der Waals surface area contributed by atoms with Gasteiger partial charge in [-0.3, -0.25) is 9.59 Å². The number of hydrogen-bond donors (Lipinski definition) is 1. The first kappa shape index (κ1) is 18.4. The second kappa shape index (κ2) is 12.0. The summed E-state index contributed by atoms with van der Waals surface area (Å²) in [5, 5.41) is 4.37. The number of aldehydes is 2. The number of nitrogens with two attached hydrogens (primary N) is 1. The summed E-state index contributed by atoms with van der Waals surface area (Å²) in [6.07, 6.45) is 3.85. The zero-order valence-electron chi connectivity index (χ0n) is 12.0. The lowest BCUT2D eigenvalue weighted by atomic mass is 9.99. The Morgan fingerprint density at radius 2 is 1.77 bits per heavy atom. The fraction of sp³-hybridized carbons (Fsp3) is 0.538. The Morgan fingerprint density at radius 1 is 1.00 bits per heavy atom. The third-order valence-electron chi connectivity index (χ3n) is 2.50. The van der Waals surface area contributed by atoms with Crippen molar-refractivity contribution in [3.63, 3.8) is 0 Å². The van der Waals surface area contributed by atoms with Crippen LogP contribution in [0.25, 0.3) is 0 Å². The predicted octanol–water partition coefficient (Wildman–Crippen LogP) is 0.119. The molecule has 0 aromatic heterocycles. The minimum absolute atomic E-state index is 0.0715. The van der Waals surface area contributed by atoms with Crippen molar-refractivity contribution in [2.45, 2.75) is 12.8 Å². The van der Waals surface area contributed by atoms with E-state index in [0.717, 1.165) is 6.29 Å². The molecule has 124 valence electrons. The zero-order valence-corrected chi connectivity index (χ0v) is 12.0. The first-order chi connectivity index (χ1) is 10.8. The van der Waals surface area contributed by atoms with Crippen molar-refractivity contribution in [3.05, 3.63) is 23.0 Å². The highest BCUT2D eigenvalue weighted by Gasteiger charge is 2.14. The lowest BCUT2D eigenvalue weighted by Gasteiger charge is -2.14. The maximum absolute atomic E-state index is 10.9. The van der Waals surface area contributed by atoms with Crippen molar-refractivity contribution in [2.24, 2.45) is 5.73 Å². The van der Waals surface area contributed by atoms with Crippen LogP contribution in [0.15, 0.2) is 23.0 Å². The van der Waals surface area contributed by atoms with Crippen molar-refractivity contribution >= 4 is 12.6 Å². The summed E-state index contributed by atoms with van der Waals surface area (Å²) in [4.78, 5) is 40.1. The molecule has 1 aliphatic rings. The largest absolute Gasteiger partial charge is 0.464 e. The molecule has 0 radical (unpaired) electrons. The predicted molar refractivity (Wildman–Crippen MR) is 71.5 cm³/mol. The molecular formula is C13H19NO8. The fourth-order valence-corrected chi connectivity index (χ4v) is 1.49. The summed E-state index contributed by atoms with van der Waals surface area (Å²) in [6, 6.07) is 0. The van der Waals surface area contributed by atoms with E-state index in [4.69, 9.17) is 10.5 Å². The van der Waals surface area contributed by atoms with Gasteiger partial charge in [0.1, 0.15) is 31.5 Å². The minimum atomic E-state index is -0.306. The van der Waals surface area contributed by atoms with Crippen molar-refractivity contribution in [1.82, 2.24) is 0 Å². The van der Waals surface area contributed by atoms with Crippen LogP contribution in [0.5, 0.6) is 0 Å². The number of allylic oxidation sites excluding steroid dienone is 3. The summed E-state index contributed by atoms with van der Waals surface area (Å²) < 4.78 is 5.19. The van der Waals surface area contributed by atoms with Gasteiger partial charge in [0, 0.05) is 12.1 Å². The number of rotatable bonds is 13. The van der Waals surface area contributed by atoms with Crippen LogP contribution in [-0.2, 0) is 38.9 Å². The van der Waals surface area contributed by atoms with Gasteiger partial charge in [0.15, 0.2) is 0 Å². The van der Waals surface area contributed by atoms with E-state index in [-0.39, 0.29) is 32.4 Å². The molecule has 1 aliphatic carbocycles.